The minimum Gasteiger partial charge on any atom is -0.0619 e. The van der Waals surface area contributed by atoms with Crippen molar-refractivity contribution in [3.63, 3.8) is 0 Å². The summed E-state index contributed by atoms with van der Waals surface area (Å²) in [5, 5.41) is 0. The zero-order valence-electron chi connectivity index (χ0n) is 23.0. The Labute approximate surface area is 249 Å². The fourth-order valence-corrected chi connectivity index (χ4v) is 6.24. The second-order valence-electron chi connectivity index (χ2n) is 10.5. The van der Waals surface area contributed by atoms with Crippen LogP contribution in [0.3, 0.4) is 0 Å². The molecule has 0 atom stereocenters. The van der Waals surface area contributed by atoms with Crippen LogP contribution in [0.2, 0.25) is 0 Å². The van der Waals surface area contributed by atoms with E-state index in [0.29, 0.717) is 0 Å². The monoisotopic (exact) mass is 505 g/mol. The van der Waals surface area contributed by atoms with Crippen LogP contribution in [0.5, 0.6) is 0 Å². The van der Waals surface area contributed by atoms with E-state index in [-0.39, 0.29) is 18.9 Å². The van der Waals surface area contributed by atoms with Crippen LogP contribution in [0, 0.1) is 0 Å². The number of hydrogen-bond donors (Lipinski definition) is 0. The molecular formula is C39H30Li. The topological polar surface area (TPSA) is 0 Å². The third kappa shape index (κ3) is 4.98. The van der Waals surface area contributed by atoms with E-state index in [0.717, 1.165) is 19.3 Å². The quantitative estimate of drug-likeness (QED) is 0.180. The fraction of sp³-hybridized carbons (Fsp3) is 0.0769. The van der Waals surface area contributed by atoms with Gasteiger partial charge in [0.1, 0.15) is 0 Å². The van der Waals surface area contributed by atoms with E-state index in [1.807, 2.05) is 0 Å². The predicted molar refractivity (Wildman–Crippen MR) is 170 cm³/mol. The molecule has 0 heterocycles. The number of hydrogen-bond acceptors (Lipinski definition) is 0. The SMILES string of the molecule is [Li].c1ccc2c(c1)Cc1ccccc1-2.c1ccc2c(c1)Cc1ccccc1-2.c1ccc2c(c1)Cc1ccccc1-2. The van der Waals surface area contributed by atoms with Crippen LogP contribution in [0.1, 0.15) is 33.4 Å². The van der Waals surface area contributed by atoms with Crippen molar-refractivity contribution in [1.82, 2.24) is 0 Å². The summed E-state index contributed by atoms with van der Waals surface area (Å²) < 4.78 is 0. The Kier molecular flexibility index (Phi) is 7.57. The molecule has 6 aromatic rings. The van der Waals surface area contributed by atoms with Crippen LogP contribution in [0.4, 0.5) is 0 Å². The van der Waals surface area contributed by atoms with Gasteiger partial charge in [0.25, 0.3) is 0 Å². The fourth-order valence-electron chi connectivity index (χ4n) is 6.24. The van der Waals surface area contributed by atoms with Gasteiger partial charge in [0.2, 0.25) is 0 Å². The van der Waals surface area contributed by atoms with Crippen LogP contribution in [0.15, 0.2) is 146 Å². The summed E-state index contributed by atoms with van der Waals surface area (Å²) in [6.45, 7) is 0. The predicted octanol–water partition coefficient (Wildman–Crippen LogP) is 9.39. The van der Waals surface area contributed by atoms with Gasteiger partial charge in [-0.15, -0.1) is 0 Å². The Hall–Kier alpha value is -4.08. The molecule has 9 rings (SSSR count). The maximum absolute atomic E-state index is 2.22. The van der Waals surface area contributed by atoms with Crippen molar-refractivity contribution in [2.75, 3.05) is 0 Å². The zero-order valence-corrected chi connectivity index (χ0v) is 23.0. The van der Waals surface area contributed by atoms with Gasteiger partial charge in [0.05, 0.1) is 0 Å². The van der Waals surface area contributed by atoms with Gasteiger partial charge in [-0.2, -0.15) is 0 Å². The van der Waals surface area contributed by atoms with E-state index in [4.69, 9.17) is 0 Å². The smallest absolute Gasteiger partial charge is 0 e. The Morgan fingerprint density at radius 1 is 0.225 bits per heavy atom. The Morgan fingerprint density at radius 2 is 0.375 bits per heavy atom. The van der Waals surface area contributed by atoms with E-state index in [2.05, 4.69) is 146 Å². The zero-order chi connectivity index (χ0) is 26.0. The van der Waals surface area contributed by atoms with E-state index >= 15 is 0 Å². The number of rotatable bonds is 0. The molecule has 0 bridgehead atoms. The molecule has 0 spiro atoms. The first-order valence-corrected chi connectivity index (χ1v) is 13.8. The molecule has 0 nitrogen and oxygen atoms in total. The minimum atomic E-state index is 0. The third-order valence-corrected chi connectivity index (χ3v) is 8.12. The first-order valence-electron chi connectivity index (χ1n) is 13.8. The molecule has 1 radical (unpaired) electrons. The molecule has 0 aliphatic heterocycles. The van der Waals surface area contributed by atoms with Crippen molar-refractivity contribution in [3.8, 4) is 33.4 Å². The maximum atomic E-state index is 2.22. The van der Waals surface area contributed by atoms with Crippen LogP contribution in [0.25, 0.3) is 33.4 Å². The van der Waals surface area contributed by atoms with E-state index in [1.54, 1.807) is 0 Å². The molecule has 0 saturated carbocycles. The normalized spacial score (nSPS) is 12.0. The summed E-state index contributed by atoms with van der Waals surface area (Å²) in [6, 6.07) is 51.9. The molecular weight excluding hydrogens is 475 g/mol. The van der Waals surface area contributed by atoms with Gasteiger partial charge in [0.15, 0.2) is 0 Å². The van der Waals surface area contributed by atoms with E-state index in [1.165, 1.54) is 66.8 Å². The molecule has 0 amide bonds. The van der Waals surface area contributed by atoms with Gasteiger partial charge in [-0.3, -0.25) is 0 Å². The van der Waals surface area contributed by atoms with Crippen molar-refractivity contribution in [3.05, 3.63) is 179 Å². The summed E-state index contributed by atoms with van der Waals surface area (Å²) in [7, 11) is 0. The molecule has 3 aliphatic carbocycles. The van der Waals surface area contributed by atoms with Gasteiger partial charge < -0.3 is 0 Å². The molecule has 0 fully saturated rings. The van der Waals surface area contributed by atoms with Crippen LogP contribution in [-0.2, 0) is 19.3 Å². The summed E-state index contributed by atoms with van der Waals surface area (Å²) in [5.41, 5.74) is 17.3. The molecule has 0 N–H and O–H groups in total. The summed E-state index contributed by atoms with van der Waals surface area (Å²) in [4.78, 5) is 0. The first kappa shape index (κ1) is 26.2. The van der Waals surface area contributed by atoms with Crippen molar-refractivity contribution in [2.24, 2.45) is 0 Å². The standard InChI is InChI=1S/3C13H10.Li/c3*1-3-7-12-10(5-1)9-11-6-2-4-8-13(11)12;/h3*1-8H,9H2;. The number of fused-ring (bicyclic) bond motifs is 9. The second-order valence-corrected chi connectivity index (χ2v) is 10.5. The van der Waals surface area contributed by atoms with Crippen molar-refractivity contribution in [1.29, 1.82) is 0 Å². The molecule has 6 aromatic carbocycles. The van der Waals surface area contributed by atoms with Gasteiger partial charge >= 0.3 is 0 Å². The van der Waals surface area contributed by atoms with Crippen LogP contribution < -0.4 is 0 Å². The van der Waals surface area contributed by atoms with Crippen molar-refractivity contribution < 1.29 is 0 Å². The Balaban J connectivity index is 0.000000107. The Bertz CT molecular complexity index is 1450. The summed E-state index contributed by atoms with van der Waals surface area (Å²) in [5.74, 6) is 0. The van der Waals surface area contributed by atoms with Gasteiger partial charge in [-0.25, -0.2) is 0 Å². The largest absolute Gasteiger partial charge is 0.0619 e. The van der Waals surface area contributed by atoms with Crippen LogP contribution >= 0.6 is 0 Å². The van der Waals surface area contributed by atoms with E-state index < -0.39 is 0 Å². The van der Waals surface area contributed by atoms with Crippen molar-refractivity contribution in [2.45, 2.75) is 19.3 Å². The van der Waals surface area contributed by atoms with Crippen molar-refractivity contribution >= 4 is 18.9 Å². The first-order chi connectivity index (χ1) is 19.3. The molecule has 0 unspecified atom stereocenters. The van der Waals surface area contributed by atoms with Gasteiger partial charge in [-0.1, -0.05) is 146 Å². The summed E-state index contributed by atoms with van der Waals surface area (Å²) >= 11 is 0. The average Bonchev–Trinajstić information content (AvgIpc) is 3.69. The molecule has 3 aliphatic rings. The van der Waals surface area contributed by atoms with Gasteiger partial charge in [0, 0.05) is 18.9 Å². The maximum Gasteiger partial charge on any atom is 0 e. The average molecular weight is 506 g/mol. The second kappa shape index (κ2) is 11.6. The Morgan fingerprint density at radius 3 is 0.550 bits per heavy atom. The van der Waals surface area contributed by atoms with E-state index in [9.17, 15) is 0 Å². The van der Waals surface area contributed by atoms with Gasteiger partial charge in [-0.05, 0) is 86.0 Å². The molecule has 187 valence electrons. The third-order valence-electron chi connectivity index (χ3n) is 8.12. The molecule has 0 saturated heterocycles. The van der Waals surface area contributed by atoms with Crippen LogP contribution in [-0.4, -0.2) is 18.9 Å². The molecule has 0 aromatic heterocycles. The summed E-state index contributed by atoms with van der Waals surface area (Å²) in [6.07, 6.45) is 3.31. The number of benzene rings is 6. The molecule has 40 heavy (non-hydrogen) atoms. The minimum absolute atomic E-state index is 0. The molecule has 1 heteroatoms.